The van der Waals surface area contributed by atoms with E-state index in [1.165, 1.54) is 24.8 Å². The van der Waals surface area contributed by atoms with Crippen molar-refractivity contribution in [2.24, 2.45) is 11.8 Å². The van der Waals surface area contributed by atoms with Crippen molar-refractivity contribution in [1.29, 1.82) is 0 Å². The minimum Gasteiger partial charge on any atom is -0.496 e. The van der Waals surface area contributed by atoms with Gasteiger partial charge in [0.2, 0.25) is 0 Å². The Labute approximate surface area is 120 Å². The van der Waals surface area contributed by atoms with Crippen molar-refractivity contribution in [2.75, 3.05) is 12.4 Å². The topological polar surface area (TPSA) is 9.23 Å². The van der Waals surface area contributed by atoms with Crippen molar-refractivity contribution < 1.29 is 4.74 Å². The lowest BCUT2D eigenvalue weighted by Crippen LogP contribution is -2.12. The van der Waals surface area contributed by atoms with Gasteiger partial charge in [0.1, 0.15) is 5.75 Å². The molecule has 102 valence electrons. The van der Waals surface area contributed by atoms with Crippen LogP contribution in [-0.2, 0) is 6.42 Å². The Kier molecular flexibility index (Phi) is 7.41. The van der Waals surface area contributed by atoms with Crippen LogP contribution in [0.5, 0.6) is 5.75 Å². The van der Waals surface area contributed by atoms with Crippen molar-refractivity contribution in [3.8, 4) is 5.75 Å². The van der Waals surface area contributed by atoms with Crippen LogP contribution >= 0.6 is 15.9 Å². The third-order valence-corrected chi connectivity index (χ3v) is 4.66. The monoisotopic (exact) mass is 312 g/mol. The van der Waals surface area contributed by atoms with Crippen LogP contribution in [0.4, 0.5) is 0 Å². The third-order valence-electron chi connectivity index (χ3n) is 3.74. The maximum Gasteiger partial charge on any atom is 0.122 e. The molecule has 0 aromatic heterocycles. The first-order valence-corrected chi connectivity index (χ1v) is 8.05. The molecule has 0 aliphatic rings. The van der Waals surface area contributed by atoms with E-state index < -0.39 is 0 Å². The highest BCUT2D eigenvalue weighted by molar-refractivity contribution is 9.09. The van der Waals surface area contributed by atoms with E-state index in [2.05, 4.69) is 48.0 Å². The Morgan fingerprint density at radius 1 is 1.11 bits per heavy atom. The van der Waals surface area contributed by atoms with Crippen LogP contribution in [0.25, 0.3) is 0 Å². The number of alkyl halides is 1. The Balaban J connectivity index is 2.67. The van der Waals surface area contributed by atoms with E-state index in [1.807, 2.05) is 6.07 Å². The molecule has 1 aromatic carbocycles. The molecule has 0 radical (unpaired) electrons. The van der Waals surface area contributed by atoms with Crippen molar-refractivity contribution in [2.45, 2.75) is 39.5 Å². The van der Waals surface area contributed by atoms with Crippen molar-refractivity contribution >= 4 is 15.9 Å². The number of halogens is 1. The molecule has 1 nitrogen and oxygen atoms in total. The zero-order valence-electron chi connectivity index (χ0n) is 11.8. The van der Waals surface area contributed by atoms with Gasteiger partial charge in [0.25, 0.3) is 0 Å². The number of ether oxygens (including phenoxy) is 1. The Morgan fingerprint density at radius 2 is 1.78 bits per heavy atom. The number of methoxy groups -OCH3 is 1. The summed E-state index contributed by atoms with van der Waals surface area (Å²) >= 11 is 3.67. The summed E-state index contributed by atoms with van der Waals surface area (Å²) in [6.07, 6.45) is 4.97. The second-order valence-corrected chi connectivity index (χ2v) is 5.60. The molecule has 0 bridgehead atoms. The highest BCUT2D eigenvalue weighted by Crippen LogP contribution is 2.27. The molecule has 0 saturated carbocycles. The van der Waals surface area contributed by atoms with Gasteiger partial charge in [-0.1, -0.05) is 60.8 Å². The van der Waals surface area contributed by atoms with Gasteiger partial charge in [-0.15, -0.1) is 0 Å². The summed E-state index contributed by atoms with van der Waals surface area (Å²) in [5.41, 5.74) is 1.33. The fourth-order valence-corrected chi connectivity index (χ4v) is 2.97. The lowest BCUT2D eigenvalue weighted by Gasteiger charge is -2.21. The highest BCUT2D eigenvalue weighted by atomic mass is 79.9. The molecule has 0 fully saturated rings. The molecule has 0 aliphatic carbocycles. The van der Waals surface area contributed by atoms with Crippen molar-refractivity contribution in [3.63, 3.8) is 0 Å². The average Bonchev–Trinajstić information content (AvgIpc) is 2.43. The van der Waals surface area contributed by atoms with Gasteiger partial charge in [0.05, 0.1) is 7.11 Å². The largest absolute Gasteiger partial charge is 0.496 e. The molecule has 0 heterocycles. The fraction of sp³-hybridized carbons (Fsp3) is 0.625. The van der Waals surface area contributed by atoms with Gasteiger partial charge < -0.3 is 4.74 Å². The van der Waals surface area contributed by atoms with Gasteiger partial charge in [-0.3, -0.25) is 0 Å². The maximum absolute atomic E-state index is 5.43. The summed E-state index contributed by atoms with van der Waals surface area (Å²) in [7, 11) is 1.75. The smallest absolute Gasteiger partial charge is 0.122 e. The fourth-order valence-electron chi connectivity index (χ4n) is 2.48. The quantitative estimate of drug-likeness (QED) is 0.608. The van der Waals surface area contributed by atoms with Crippen molar-refractivity contribution in [1.82, 2.24) is 0 Å². The van der Waals surface area contributed by atoms with Gasteiger partial charge >= 0.3 is 0 Å². The minimum absolute atomic E-state index is 0.700. The first-order chi connectivity index (χ1) is 8.74. The molecular weight excluding hydrogens is 288 g/mol. The molecule has 0 aliphatic heterocycles. The van der Waals surface area contributed by atoms with Crippen molar-refractivity contribution in [3.05, 3.63) is 29.8 Å². The summed E-state index contributed by atoms with van der Waals surface area (Å²) in [6.45, 7) is 4.59. The van der Waals surface area contributed by atoms with Crippen LogP contribution in [0.2, 0.25) is 0 Å². The first kappa shape index (κ1) is 15.6. The number of rotatable bonds is 8. The van der Waals surface area contributed by atoms with E-state index >= 15 is 0 Å². The number of benzene rings is 1. The van der Waals surface area contributed by atoms with Crippen LogP contribution in [0.3, 0.4) is 0 Å². The van der Waals surface area contributed by atoms with E-state index in [0.29, 0.717) is 5.92 Å². The molecule has 0 saturated heterocycles. The SMILES string of the molecule is CCC(CC)CC(CBr)Cc1ccccc1OC. The zero-order chi connectivity index (χ0) is 13.4. The molecule has 1 rings (SSSR count). The standard InChI is InChI=1S/C16H25BrO/c1-4-13(5-2)10-14(12-17)11-15-8-6-7-9-16(15)18-3/h6-9,13-14H,4-5,10-12H2,1-3H3. The highest BCUT2D eigenvalue weighted by Gasteiger charge is 2.15. The first-order valence-electron chi connectivity index (χ1n) is 6.92. The number of para-hydroxylation sites is 1. The average molecular weight is 313 g/mol. The van der Waals surface area contributed by atoms with Crippen LogP contribution in [0, 0.1) is 11.8 Å². The molecule has 18 heavy (non-hydrogen) atoms. The summed E-state index contributed by atoms with van der Waals surface area (Å²) in [5.74, 6) is 2.57. The van der Waals surface area contributed by atoms with Crippen LogP contribution in [0.1, 0.15) is 38.7 Å². The summed E-state index contributed by atoms with van der Waals surface area (Å²) in [4.78, 5) is 0. The van der Waals surface area contributed by atoms with E-state index in [9.17, 15) is 0 Å². The van der Waals surface area contributed by atoms with Gasteiger partial charge in [0, 0.05) is 5.33 Å². The van der Waals surface area contributed by atoms with Gasteiger partial charge in [-0.05, 0) is 36.3 Å². The molecular formula is C16H25BrO. The van der Waals surface area contributed by atoms with E-state index in [0.717, 1.165) is 23.4 Å². The van der Waals surface area contributed by atoms with E-state index in [4.69, 9.17) is 4.74 Å². The molecule has 0 spiro atoms. The normalized spacial score (nSPS) is 12.7. The summed E-state index contributed by atoms with van der Waals surface area (Å²) in [6, 6.07) is 8.37. The molecule has 0 amide bonds. The Bertz CT molecular complexity index is 334. The second-order valence-electron chi connectivity index (χ2n) is 4.95. The third kappa shape index (κ3) is 4.64. The molecule has 1 atom stereocenters. The van der Waals surface area contributed by atoms with Gasteiger partial charge in [-0.2, -0.15) is 0 Å². The van der Waals surface area contributed by atoms with Gasteiger partial charge in [0.15, 0.2) is 0 Å². The molecule has 1 aromatic rings. The molecule has 0 N–H and O–H groups in total. The van der Waals surface area contributed by atoms with Crippen LogP contribution < -0.4 is 4.74 Å². The predicted molar refractivity (Wildman–Crippen MR) is 82.7 cm³/mol. The van der Waals surface area contributed by atoms with Gasteiger partial charge in [-0.25, -0.2) is 0 Å². The van der Waals surface area contributed by atoms with Crippen LogP contribution in [-0.4, -0.2) is 12.4 Å². The number of hydrogen-bond acceptors (Lipinski definition) is 1. The Hall–Kier alpha value is -0.500. The van der Waals surface area contributed by atoms with E-state index in [-0.39, 0.29) is 0 Å². The minimum atomic E-state index is 0.700. The molecule has 2 heteroatoms. The Morgan fingerprint density at radius 3 is 2.33 bits per heavy atom. The number of hydrogen-bond donors (Lipinski definition) is 0. The van der Waals surface area contributed by atoms with Crippen LogP contribution in [0.15, 0.2) is 24.3 Å². The summed E-state index contributed by atoms with van der Waals surface area (Å²) < 4.78 is 5.43. The zero-order valence-corrected chi connectivity index (χ0v) is 13.4. The lowest BCUT2D eigenvalue weighted by atomic mass is 9.88. The second kappa shape index (κ2) is 8.58. The van der Waals surface area contributed by atoms with E-state index in [1.54, 1.807) is 7.11 Å². The molecule has 1 unspecified atom stereocenters. The lowest BCUT2D eigenvalue weighted by molar-refractivity contribution is 0.366. The predicted octanol–water partition coefficient (Wildman–Crippen LogP) is 5.08. The summed E-state index contributed by atoms with van der Waals surface area (Å²) in [5, 5.41) is 1.07. The maximum atomic E-state index is 5.43.